The summed E-state index contributed by atoms with van der Waals surface area (Å²) >= 11 is 5.87. The van der Waals surface area contributed by atoms with Gasteiger partial charge in [-0.3, -0.25) is 4.79 Å². The molecule has 0 atom stereocenters. The normalized spacial score (nSPS) is 10.6. The first-order valence-electron chi connectivity index (χ1n) is 7.72. The van der Waals surface area contributed by atoms with Gasteiger partial charge in [0.25, 0.3) is 5.56 Å². The maximum absolute atomic E-state index is 12.1. The number of rotatable bonds is 5. The van der Waals surface area contributed by atoms with Crippen molar-refractivity contribution in [1.29, 1.82) is 5.26 Å². The van der Waals surface area contributed by atoms with Gasteiger partial charge in [0.05, 0.1) is 5.56 Å². The minimum atomic E-state index is -0.181. The monoisotopic (exact) mass is 354 g/mol. The van der Waals surface area contributed by atoms with Gasteiger partial charge in [0.15, 0.2) is 5.82 Å². The number of aryl methyl sites for hydroxylation is 3. The summed E-state index contributed by atoms with van der Waals surface area (Å²) in [5, 5.41) is 13.7. The molecule has 0 radical (unpaired) electrons. The summed E-state index contributed by atoms with van der Waals surface area (Å²) in [5.74, 6) is 0.911. The van der Waals surface area contributed by atoms with Crippen molar-refractivity contribution in [2.24, 2.45) is 0 Å². The first-order valence-corrected chi connectivity index (χ1v) is 8.10. The van der Waals surface area contributed by atoms with E-state index in [9.17, 15) is 4.79 Å². The van der Waals surface area contributed by atoms with Crippen molar-refractivity contribution < 1.29 is 4.52 Å². The Hall–Kier alpha value is -2.91. The topological polar surface area (TPSA) is 84.7 Å². The molecule has 0 saturated carbocycles. The van der Waals surface area contributed by atoms with Crippen molar-refractivity contribution in [1.82, 2.24) is 14.7 Å². The average molecular weight is 355 g/mol. The largest absolute Gasteiger partial charge is 0.337 e. The Morgan fingerprint density at radius 3 is 2.76 bits per heavy atom. The van der Waals surface area contributed by atoms with Crippen LogP contribution in [0, 0.1) is 18.3 Å². The molecule has 0 N–H and O–H groups in total. The molecule has 3 aromatic rings. The zero-order valence-electron chi connectivity index (χ0n) is 13.6. The molecule has 0 amide bonds. The fourth-order valence-electron chi connectivity index (χ4n) is 2.47. The van der Waals surface area contributed by atoms with Crippen LogP contribution in [0.1, 0.15) is 28.4 Å². The highest BCUT2D eigenvalue weighted by Crippen LogP contribution is 2.11. The number of halogens is 1. The molecular formula is C18H15ClN4O2. The highest BCUT2D eigenvalue weighted by molar-refractivity contribution is 6.30. The lowest BCUT2D eigenvalue weighted by molar-refractivity contribution is 0.364. The van der Waals surface area contributed by atoms with E-state index in [1.54, 1.807) is 13.0 Å². The second-order valence-electron chi connectivity index (χ2n) is 5.69. The molecule has 25 heavy (non-hydrogen) atoms. The van der Waals surface area contributed by atoms with Gasteiger partial charge >= 0.3 is 0 Å². The number of aromatic nitrogens is 3. The van der Waals surface area contributed by atoms with Crippen LogP contribution in [0.2, 0.25) is 5.02 Å². The molecule has 2 aromatic heterocycles. The molecule has 0 spiro atoms. The predicted octanol–water partition coefficient (Wildman–Crippen LogP) is 2.90. The first kappa shape index (κ1) is 16.9. The standard InChI is InChI=1S/C18H15ClN4O2/c1-12-8-14(9-20)10-23(18(12)24)11-17-21-16(22-25-17)7-4-13-2-5-15(19)6-3-13/h2-3,5-6,8,10H,4,7,11H2,1H3. The first-order chi connectivity index (χ1) is 12.0. The third kappa shape index (κ3) is 4.14. The molecular weight excluding hydrogens is 340 g/mol. The van der Waals surface area contributed by atoms with E-state index in [0.29, 0.717) is 34.3 Å². The van der Waals surface area contributed by atoms with Crippen molar-refractivity contribution in [2.45, 2.75) is 26.3 Å². The van der Waals surface area contributed by atoms with E-state index < -0.39 is 0 Å². The van der Waals surface area contributed by atoms with Crippen LogP contribution < -0.4 is 5.56 Å². The lowest BCUT2D eigenvalue weighted by Gasteiger charge is -2.04. The SMILES string of the molecule is Cc1cc(C#N)cn(Cc2nc(CCc3ccc(Cl)cc3)no2)c1=O. The minimum Gasteiger partial charge on any atom is -0.337 e. The number of hydrogen-bond acceptors (Lipinski definition) is 5. The summed E-state index contributed by atoms with van der Waals surface area (Å²) in [6, 6.07) is 11.2. The van der Waals surface area contributed by atoms with Gasteiger partial charge < -0.3 is 9.09 Å². The van der Waals surface area contributed by atoms with Gasteiger partial charge in [0, 0.05) is 23.2 Å². The van der Waals surface area contributed by atoms with Crippen LogP contribution >= 0.6 is 11.6 Å². The third-order valence-corrected chi connectivity index (χ3v) is 4.01. The van der Waals surface area contributed by atoms with Gasteiger partial charge in [0.1, 0.15) is 12.6 Å². The van der Waals surface area contributed by atoms with Crippen LogP contribution in [0.25, 0.3) is 0 Å². The van der Waals surface area contributed by atoms with E-state index in [1.807, 2.05) is 30.3 Å². The van der Waals surface area contributed by atoms with Crippen molar-refractivity contribution in [2.75, 3.05) is 0 Å². The molecule has 126 valence electrons. The number of nitriles is 1. The maximum Gasteiger partial charge on any atom is 0.254 e. The van der Waals surface area contributed by atoms with Crippen LogP contribution in [-0.4, -0.2) is 14.7 Å². The molecule has 1 aromatic carbocycles. The van der Waals surface area contributed by atoms with Crippen LogP contribution in [-0.2, 0) is 19.4 Å². The molecule has 3 rings (SSSR count). The smallest absolute Gasteiger partial charge is 0.254 e. The predicted molar refractivity (Wildman–Crippen MR) is 92.4 cm³/mol. The Bertz CT molecular complexity index is 984. The Morgan fingerprint density at radius 2 is 2.04 bits per heavy atom. The van der Waals surface area contributed by atoms with Crippen LogP contribution in [0.5, 0.6) is 0 Å². The van der Waals surface area contributed by atoms with Gasteiger partial charge in [-0.05, 0) is 37.1 Å². The highest BCUT2D eigenvalue weighted by atomic mass is 35.5. The molecule has 6 nitrogen and oxygen atoms in total. The number of pyridine rings is 1. The lowest BCUT2D eigenvalue weighted by Crippen LogP contribution is -2.22. The molecule has 0 fully saturated rings. The van der Waals surface area contributed by atoms with Crippen LogP contribution in [0.4, 0.5) is 0 Å². The third-order valence-electron chi connectivity index (χ3n) is 3.76. The Labute approximate surface area is 149 Å². The minimum absolute atomic E-state index is 0.142. The van der Waals surface area contributed by atoms with E-state index in [2.05, 4.69) is 10.1 Å². The zero-order valence-corrected chi connectivity index (χ0v) is 14.3. The summed E-state index contributed by atoms with van der Waals surface area (Å²) in [6.07, 6.45) is 2.88. The average Bonchev–Trinajstić information content (AvgIpc) is 3.05. The zero-order chi connectivity index (χ0) is 17.8. The fraction of sp³-hybridized carbons (Fsp3) is 0.222. The molecule has 0 saturated heterocycles. The van der Waals surface area contributed by atoms with E-state index >= 15 is 0 Å². The second kappa shape index (κ2) is 7.32. The lowest BCUT2D eigenvalue weighted by atomic mass is 10.1. The van der Waals surface area contributed by atoms with E-state index in [-0.39, 0.29) is 12.1 Å². The van der Waals surface area contributed by atoms with E-state index in [0.717, 1.165) is 12.0 Å². The maximum atomic E-state index is 12.1. The van der Waals surface area contributed by atoms with Crippen molar-refractivity contribution in [3.8, 4) is 6.07 Å². The summed E-state index contributed by atoms with van der Waals surface area (Å²) in [7, 11) is 0. The summed E-state index contributed by atoms with van der Waals surface area (Å²) in [6.45, 7) is 1.81. The molecule has 0 aliphatic carbocycles. The van der Waals surface area contributed by atoms with Crippen LogP contribution in [0.3, 0.4) is 0 Å². The Kier molecular flexibility index (Phi) is 4.96. The Balaban J connectivity index is 1.70. The molecule has 0 aliphatic rings. The van der Waals surface area contributed by atoms with Gasteiger partial charge in [-0.2, -0.15) is 10.2 Å². The van der Waals surface area contributed by atoms with Gasteiger partial charge in [-0.25, -0.2) is 0 Å². The van der Waals surface area contributed by atoms with Crippen LogP contribution in [0.15, 0.2) is 45.8 Å². The van der Waals surface area contributed by atoms with Crippen molar-refractivity contribution in [3.63, 3.8) is 0 Å². The van der Waals surface area contributed by atoms with E-state index in [4.69, 9.17) is 21.4 Å². The van der Waals surface area contributed by atoms with Gasteiger partial charge in [-0.1, -0.05) is 28.9 Å². The highest BCUT2D eigenvalue weighted by Gasteiger charge is 2.10. The van der Waals surface area contributed by atoms with Crippen molar-refractivity contribution in [3.05, 3.63) is 80.3 Å². The quantitative estimate of drug-likeness (QED) is 0.703. The van der Waals surface area contributed by atoms with Gasteiger partial charge in [0.2, 0.25) is 5.89 Å². The Morgan fingerprint density at radius 1 is 1.28 bits per heavy atom. The fourth-order valence-corrected chi connectivity index (χ4v) is 2.60. The molecule has 0 aliphatic heterocycles. The molecule has 2 heterocycles. The number of benzene rings is 1. The molecule has 0 bridgehead atoms. The van der Waals surface area contributed by atoms with Crippen molar-refractivity contribution >= 4 is 11.6 Å². The molecule has 7 heteroatoms. The summed E-state index contributed by atoms with van der Waals surface area (Å²) in [5.41, 5.74) is 1.87. The van der Waals surface area contributed by atoms with E-state index in [1.165, 1.54) is 10.8 Å². The molecule has 0 unspecified atom stereocenters. The number of hydrogen-bond donors (Lipinski definition) is 0. The summed E-state index contributed by atoms with van der Waals surface area (Å²) < 4.78 is 6.63. The summed E-state index contributed by atoms with van der Waals surface area (Å²) in [4.78, 5) is 16.5. The second-order valence-corrected chi connectivity index (χ2v) is 6.12. The number of nitrogens with zero attached hydrogens (tertiary/aromatic N) is 4. The van der Waals surface area contributed by atoms with Gasteiger partial charge in [-0.15, -0.1) is 0 Å².